The molecule has 0 aliphatic rings. The highest BCUT2D eigenvalue weighted by molar-refractivity contribution is 9.10. The number of para-hydroxylation sites is 2. The number of halogens is 1. The molecule has 0 aliphatic heterocycles. The van der Waals surface area contributed by atoms with E-state index in [-0.39, 0.29) is 18.0 Å². The number of nitrogens with zero attached hydrogens (tertiary/aromatic N) is 4. The van der Waals surface area contributed by atoms with E-state index >= 15 is 0 Å². The molecule has 4 rings (SSSR count). The number of aromatic nitrogens is 4. The van der Waals surface area contributed by atoms with Crippen molar-refractivity contribution in [1.82, 2.24) is 24.4 Å². The number of rotatable bonds is 5. The standard InChI is InChI=1S/C20H16BrN5O2/c21-15-6-8-20(28)25(11-15)12-19(27)23-10-14-5-7-18(22-9-14)26-13-24-16-3-1-2-4-17(16)26/h1-9,11,13H,10,12H2,(H,23,27). The molecule has 4 aromatic rings. The van der Waals surface area contributed by atoms with Crippen molar-refractivity contribution >= 4 is 32.9 Å². The normalized spacial score (nSPS) is 10.9. The van der Waals surface area contributed by atoms with Gasteiger partial charge in [0.2, 0.25) is 5.91 Å². The molecule has 0 saturated heterocycles. The van der Waals surface area contributed by atoms with Crippen LogP contribution in [0.5, 0.6) is 0 Å². The van der Waals surface area contributed by atoms with Crippen molar-refractivity contribution in [2.24, 2.45) is 0 Å². The molecular formula is C20H16BrN5O2. The van der Waals surface area contributed by atoms with Gasteiger partial charge in [-0.05, 0) is 45.8 Å². The second-order valence-electron chi connectivity index (χ2n) is 6.22. The number of fused-ring (bicyclic) bond motifs is 1. The summed E-state index contributed by atoms with van der Waals surface area (Å²) in [6, 6.07) is 14.7. The third-order valence-corrected chi connectivity index (χ3v) is 4.73. The van der Waals surface area contributed by atoms with Crippen molar-refractivity contribution in [3.8, 4) is 5.82 Å². The van der Waals surface area contributed by atoms with Crippen LogP contribution in [-0.2, 0) is 17.9 Å². The van der Waals surface area contributed by atoms with Crippen LogP contribution in [0, 0.1) is 0 Å². The zero-order valence-corrected chi connectivity index (χ0v) is 16.3. The summed E-state index contributed by atoms with van der Waals surface area (Å²) in [4.78, 5) is 32.7. The van der Waals surface area contributed by atoms with Gasteiger partial charge in [-0.25, -0.2) is 9.97 Å². The van der Waals surface area contributed by atoms with Gasteiger partial charge in [-0.1, -0.05) is 18.2 Å². The summed E-state index contributed by atoms with van der Waals surface area (Å²) in [6.45, 7) is 0.296. The van der Waals surface area contributed by atoms with Crippen LogP contribution < -0.4 is 10.9 Å². The van der Waals surface area contributed by atoms with Crippen LogP contribution in [-0.4, -0.2) is 25.0 Å². The number of carbonyl (C=O) groups is 1. The first-order chi connectivity index (χ1) is 13.6. The molecule has 140 valence electrons. The van der Waals surface area contributed by atoms with Crippen LogP contribution in [0.25, 0.3) is 16.9 Å². The van der Waals surface area contributed by atoms with E-state index in [4.69, 9.17) is 0 Å². The molecule has 8 heteroatoms. The Hall–Kier alpha value is -3.26. The molecule has 0 aliphatic carbocycles. The van der Waals surface area contributed by atoms with Gasteiger partial charge in [-0.3, -0.25) is 14.2 Å². The van der Waals surface area contributed by atoms with Crippen LogP contribution in [0.2, 0.25) is 0 Å². The van der Waals surface area contributed by atoms with E-state index in [0.29, 0.717) is 6.54 Å². The fourth-order valence-electron chi connectivity index (χ4n) is 2.84. The van der Waals surface area contributed by atoms with Crippen molar-refractivity contribution in [2.45, 2.75) is 13.1 Å². The average molecular weight is 438 g/mol. The molecule has 0 radical (unpaired) electrons. The van der Waals surface area contributed by atoms with E-state index in [0.717, 1.165) is 26.9 Å². The van der Waals surface area contributed by atoms with Crippen molar-refractivity contribution in [3.63, 3.8) is 0 Å². The minimum Gasteiger partial charge on any atom is -0.350 e. The summed E-state index contributed by atoms with van der Waals surface area (Å²) in [5, 5.41) is 2.80. The number of benzene rings is 1. The molecule has 0 unspecified atom stereocenters. The molecule has 1 N–H and O–H groups in total. The maximum atomic E-state index is 12.1. The monoisotopic (exact) mass is 437 g/mol. The number of imidazole rings is 1. The Labute approximate surface area is 168 Å². The Kier molecular flexibility index (Phi) is 5.03. The van der Waals surface area contributed by atoms with Gasteiger partial charge < -0.3 is 9.88 Å². The minimum absolute atomic E-state index is 0.0369. The number of pyridine rings is 2. The molecule has 0 atom stereocenters. The first-order valence-corrected chi connectivity index (χ1v) is 9.39. The molecule has 0 saturated carbocycles. The van der Waals surface area contributed by atoms with E-state index in [2.05, 4.69) is 31.2 Å². The van der Waals surface area contributed by atoms with Gasteiger partial charge in [-0.15, -0.1) is 0 Å². The van der Waals surface area contributed by atoms with Gasteiger partial charge >= 0.3 is 0 Å². The summed E-state index contributed by atoms with van der Waals surface area (Å²) < 4.78 is 4.01. The highest BCUT2D eigenvalue weighted by Gasteiger charge is 2.07. The Bertz CT molecular complexity index is 1200. The van der Waals surface area contributed by atoms with E-state index in [1.807, 2.05) is 41.0 Å². The number of hydrogen-bond acceptors (Lipinski definition) is 4. The lowest BCUT2D eigenvalue weighted by molar-refractivity contribution is -0.121. The molecule has 3 aromatic heterocycles. The van der Waals surface area contributed by atoms with Crippen LogP contribution in [0.1, 0.15) is 5.56 Å². The predicted octanol–water partition coefficient (Wildman–Crippen LogP) is 2.66. The maximum absolute atomic E-state index is 12.1. The van der Waals surface area contributed by atoms with E-state index in [1.165, 1.54) is 10.6 Å². The summed E-state index contributed by atoms with van der Waals surface area (Å²) in [7, 11) is 0. The van der Waals surface area contributed by atoms with Gasteiger partial charge in [0.15, 0.2) is 0 Å². The SMILES string of the molecule is O=C(Cn1cc(Br)ccc1=O)NCc1ccc(-n2cnc3ccccc32)nc1. The Morgan fingerprint density at radius 1 is 1.07 bits per heavy atom. The molecule has 1 amide bonds. The minimum atomic E-state index is -0.245. The molecule has 0 spiro atoms. The topological polar surface area (TPSA) is 81.8 Å². The van der Waals surface area contributed by atoms with Crippen molar-refractivity contribution in [1.29, 1.82) is 0 Å². The van der Waals surface area contributed by atoms with Crippen molar-refractivity contribution < 1.29 is 4.79 Å². The second kappa shape index (κ2) is 7.77. The molecule has 7 nitrogen and oxygen atoms in total. The largest absolute Gasteiger partial charge is 0.350 e. The van der Waals surface area contributed by atoms with E-state index in [9.17, 15) is 9.59 Å². The third kappa shape index (κ3) is 3.86. The molecule has 0 bridgehead atoms. The summed E-state index contributed by atoms with van der Waals surface area (Å²) in [5.41, 5.74) is 2.53. The fraction of sp³-hybridized carbons (Fsp3) is 0.100. The lowest BCUT2D eigenvalue weighted by Crippen LogP contribution is -2.31. The number of nitrogens with one attached hydrogen (secondary N) is 1. The average Bonchev–Trinajstić information content (AvgIpc) is 3.14. The van der Waals surface area contributed by atoms with E-state index in [1.54, 1.807) is 24.8 Å². The zero-order chi connectivity index (χ0) is 19.5. The lowest BCUT2D eigenvalue weighted by atomic mass is 10.2. The number of hydrogen-bond donors (Lipinski definition) is 1. The first kappa shape index (κ1) is 18.1. The van der Waals surface area contributed by atoms with Crippen LogP contribution in [0.4, 0.5) is 0 Å². The Morgan fingerprint density at radius 3 is 2.75 bits per heavy atom. The number of amides is 1. The van der Waals surface area contributed by atoms with Gasteiger partial charge in [-0.2, -0.15) is 0 Å². The van der Waals surface area contributed by atoms with Gasteiger partial charge in [0, 0.05) is 29.5 Å². The van der Waals surface area contributed by atoms with Crippen LogP contribution in [0.3, 0.4) is 0 Å². The molecule has 0 fully saturated rings. The molecular weight excluding hydrogens is 422 g/mol. The summed E-state index contributed by atoms with van der Waals surface area (Å²) in [5.74, 6) is 0.509. The van der Waals surface area contributed by atoms with Gasteiger partial charge in [0.25, 0.3) is 5.56 Å². The molecule has 28 heavy (non-hydrogen) atoms. The smallest absolute Gasteiger partial charge is 0.251 e. The highest BCUT2D eigenvalue weighted by Crippen LogP contribution is 2.16. The van der Waals surface area contributed by atoms with Gasteiger partial charge in [0.05, 0.1) is 11.0 Å². The summed E-state index contributed by atoms with van der Waals surface area (Å²) >= 11 is 3.29. The predicted molar refractivity (Wildman–Crippen MR) is 109 cm³/mol. The first-order valence-electron chi connectivity index (χ1n) is 8.60. The highest BCUT2D eigenvalue weighted by atomic mass is 79.9. The maximum Gasteiger partial charge on any atom is 0.251 e. The van der Waals surface area contributed by atoms with Crippen LogP contribution in [0.15, 0.2) is 76.5 Å². The zero-order valence-electron chi connectivity index (χ0n) is 14.7. The van der Waals surface area contributed by atoms with Gasteiger partial charge in [0.1, 0.15) is 18.7 Å². The third-order valence-electron chi connectivity index (χ3n) is 4.26. The quantitative estimate of drug-likeness (QED) is 0.520. The second-order valence-corrected chi connectivity index (χ2v) is 7.13. The fourth-order valence-corrected chi connectivity index (χ4v) is 3.22. The Morgan fingerprint density at radius 2 is 1.93 bits per heavy atom. The van der Waals surface area contributed by atoms with Crippen molar-refractivity contribution in [3.05, 3.63) is 87.6 Å². The molecule has 3 heterocycles. The summed E-state index contributed by atoms with van der Waals surface area (Å²) in [6.07, 6.45) is 5.05. The van der Waals surface area contributed by atoms with E-state index < -0.39 is 0 Å². The lowest BCUT2D eigenvalue weighted by Gasteiger charge is -2.08. The van der Waals surface area contributed by atoms with Crippen molar-refractivity contribution in [2.75, 3.05) is 0 Å². The number of carbonyl (C=O) groups excluding carboxylic acids is 1. The Balaban J connectivity index is 1.41. The molecule has 1 aromatic carbocycles. The van der Waals surface area contributed by atoms with Crippen LogP contribution >= 0.6 is 15.9 Å².